The highest BCUT2D eigenvalue weighted by Gasteiger charge is 2.19. The third-order valence-electron chi connectivity index (χ3n) is 4.36. The van der Waals surface area contributed by atoms with Gasteiger partial charge in [0, 0.05) is 36.1 Å². The lowest BCUT2D eigenvalue weighted by atomic mass is 10.2. The Hall–Kier alpha value is -3.12. The number of para-hydroxylation sites is 1. The van der Waals surface area contributed by atoms with Crippen LogP contribution in [0.3, 0.4) is 0 Å². The Balaban J connectivity index is 1.59. The van der Waals surface area contributed by atoms with E-state index in [2.05, 4.69) is 10.6 Å². The van der Waals surface area contributed by atoms with Crippen LogP contribution in [0.1, 0.15) is 29.9 Å². The minimum atomic E-state index is -0.139. The van der Waals surface area contributed by atoms with Crippen LogP contribution in [-0.4, -0.2) is 24.4 Å². The lowest BCUT2D eigenvalue weighted by molar-refractivity contribution is -0.118. The molecule has 1 aromatic heterocycles. The summed E-state index contributed by atoms with van der Waals surface area (Å²) in [5, 5.41) is 8.01. The summed E-state index contributed by atoms with van der Waals surface area (Å²) in [7, 11) is 0. The smallest absolute Gasteiger partial charge is 0.261 e. The van der Waals surface area contributed by atoms with Crippen molar-refractivity contribution in [2.24, 2.45) is 0 Å². The maximum Gasteiger partial charge on any atom is 0.261 e. The Labute approximate surface area is 175 Å². The fourth-order valence-corrected chi connectivity index (χ4v) is 3.66. The summed E-state index contributed by atoms with van der Waals surface area (Å²) in [5.41, 5.74) is 2.81. The van der Waals surface area contributed by atoms with Crippen molar-refractivity contribution in [1.82, 2.24) is 5.32 Å². The molecule has 0 unspecified atom stereocenters. The summed E-state index contributed by atoms with van der Waals surface area (Å²) in [4.78, 5) is 27.2. The van der Waals surface area contributed by atoms with Gasteiger partial charge in [0.1, 0.15) is 0 Å². The molecule has 2 aromatic carbocycles. The molecule has 150 valence electrons. The van der Waals surface area contributed by atoms with Crippen molar-refractivity contribution < 1.29 is 9.59 Å². The minimum Gasteiger partial charge on any atom is -0.356 e. The number of nitrogens with zero attached hydrogens (tertiary/aromatic N) is 1. The van der Waals surface area contributed by atoms with Crippen LogP contribution in [0, 0.1) is 0 Å². The first-order valence-electron chi connectivity index (χ1n) is 9.60. The Morgan fingerprint density at radius 2 is 1.62 bits per heavy atom. The van der Waals surface area contributed by atoms with Gasteiger partial charge in [-0.1, -0.05) is 24.3 Å². The van der Waals surface area contributed by atoms with Gasteiger partial charge in [-0.2, -0.15) is 0 Å². The quantitative estimate of drug-likeness (QED) is 0.549. The van der Waals surface area contributed by atoms with Gasteiger partial charge in [-0.3, -0.25) is 9.59 Å². The minimum absolute atomic E-state index is 0.0171. The third kappa shape index (κ3) is 5.68. The van der Waals surface area contributed by atoms with Crippen molar-refractivity contribution in [2.45, 2.75) is 26.3 Å². The van der Waals surface area contributed by atoms with Gasteiger partial charge >= 0.3 is 0 Å². The zero-order valence-electron chi connectivity index (χ0n) is 16.6. The molecule has 0 saturated heterocycles. The monoisotopic (exact) mass is 407 g/mol. The second-order valence-corrected chi connectivity index (χ2v) is 7.83. The van der Waals surface area contributed by atoms with Crippen LogP contribution in [0.15, 0.2) is 72.1 Å². The number of nitrogens with one attached hydrogen (secondary N) is 2. The van der Waals surface area contributed by atoms with Crippen LogP contribution < -0.4 is 15.5 Å². The van der Waals surface area contributed by atoms with Gasteiger partial charge in [-0.25, -0.2) is 0 Å². The first-order chi connectivity index (χ1) is 14.0. The zero-order valence-corrected chi connectivity index (χ0v) is 17.4. The number of anilines is 3. The van der Waals surface area contributed by atoms with Crippen molar-refractivity contribution in [3.8, 4) is 0 Å². The molecule has 3 rings (SSSR count). The largest absolute Gasteiger partial charge is 0.356 e. The van der Waals surface area contributed by atoms with Crippen molar-refractivity contribution >= 4 is 40.2 Å². The fraction of sp³-hybridized carbons (Fsp3) is 0.217. The van der Waals surface area contributed by atoms with Gasteiger partial charge in [0.15, 0.2) is 0 Å². The van der Waals surface area contributed by atoms with Gasteiger partial charge in [0.25, 0.3) is 5.91 Å². The predicted molar refractivity (Wildman–Crippen MR) is 120 cm³/mol. The van der Waals surface area contributed by atoms with E-state index in [0.29, 0.717) is 11.4 Å². The average molecular weight is 408 g/mol. The van der Waals surface area contributed by atoms with E-state index in [1.807, 2.05) is 79.9 Å². The maximum atomic E-state index is 12.8. The molecule has 1 heterocycles. The van der Waals surface area contributed by atoms with Crippen LogP contribution >= 0.6 is 11.3 Å². The van der Waals surface area contributed by atoms with E-state index in [1.165, 1.54) is 11.3 Å². The normalized spacial score (nSPS) is 10.6. The van der Waals surface area contributed by atoms with Crippen molar-refractivity contribution in [1.29, 1.82) is 0 Å². The van der Waals surface area contributed by atoms with Crippen molar-refractivity contribution in [3.05, 3.63) is 77.0 Å². The highest BCUT2D eigenvalue weighted by Crippen LogP contribution is 2.23. The summed E-state index contributed by atoms with van der Waals surface area (Å²) >= 11 is 1.39. The number of thiophene rings is 1. The maximum absolute atomic E-state index is 12.8. The lowest BCUT2D eigenvalue weighted by Crippen LogP contribution is -2.39. The molecule has 0 saturated carbocycles. The molecule has 0 fully saturated rings. The van der Waals surface area contributed by atoms with E-state index in [0.717, 1.165) is 17.1 Å². The molecule has 5 nitrogen and oxygen atoms in total. The van der Waals surface area contributed by atoms with Crippen LogP contribution in [0.2, 0.25) is 0 Å². The number of benzene rings is 2. The SMILES string of the molecule is CC(C)N(C(=O)CCNC(=O)c1cccs1)c1ccc(Nc2ccccc2)cc1. The molecule has 0 aliphatic rings. The van der Waals surface area contributed by atoms with E-state index in [4.69, 9.17) is 0 Å². The van der Waals surface area contributed by atoms with E-state index < -0.39 is 0 Å². The molecule has 0 bridgehead atoms. The molecule has 0 spiro atoms. The van der Waals surface area contributed by atoms with Gasteiger partial charge < -0.3 is 15.5 Å². The second kappa shape index (κ2) is 9.89. The first kappa shape index (κ1) is 20.6. The van der Waals surface area contributed by atoms with Crippen molar-refractivity contribution in [2.75, 3.05) is 16.8 Å². The number of carbonyl (C=O) groups is 2. The molecule has 3 aromatic rings. The fourth-order valence-electron chi connectivity index (χ4n) is 3.02. The third-order valence-corrected chi connectivity index (χ3v) is 5.23. The molecule has 2 N–H and O–H groups in total. The predicted octanol–water partition coefficient (Wildman–Crippen LogP) is 5.05. The van der Waals surface area contributed by atoms with Crippen LogP contribution in [-0.2, 0) is 4.79 Å². The van der Waals surface area contributed by atoms with Gasteiger partial charge in [-0.05, 0) is 61.7 Å². The highest BCUT2D eigenvalue weighted by molar-refractivity contribution is 7.12. The van der Waals surface area contributed by atoms with E-state index in [1.54, 1.807) is 11.0 Å². The number of rotatable bonds is 8. The molecular formula is C23H25N3O2S. The summed E-state index contributed by atoms with van der Waals surface area (Å²) in [6.07, 6.45) is 0.249. The number of hydrogen-bond donors (Lipinski definition) is 2. The molecular weight excluding hydrogens is 382 g/mol. The zero-order chi connectivity index (χ0) is 20.6. The van der Waals surface area contributed by atoms with Crippen LogP contribution in [0.4, 0.5) is 17.1 Å². The van der Waals surface area contributed by atoms with Gasteiger partial charge in [0.05, 0.1) is 4.88 Å². The topological polar surface area (TPSA) is 61.4 Å². The van der Waals surface area contributed by atoms with E-state index in [-0.39, 0.29) is 24.3 Å². The number of amides is 2. The molecule has 0 aliphatic heterocycles. The molecule has 6 heteroatoms. The summed E-state index contributed by atoms with van der Waals surface area (Å²) < 4.78 is 0. The second-order valence-electron chi connectivity index (χ2n) is 6.88. The molecule has 0 radical (unpaired) electrons. The summed E-state index contributed by atoms with van der Waals surface area (Å²) in [6, 6.07) is 21.4. The number of carbonyl (C=O) groups excluding carboxylic acids is 2. The standard InChI is InChI=1S/C23H25N3O2S/c1-17(2)26(22(27)14-15-24-23(28)21-9-6-16-29-21)20-12-10-19(11-13-20)25-18-7-4-3-5-8-18/h3-13,16-17,25H,14-15H2,1-2H3,(H,24,28). The molecule has 0 aliphatic carbocycles. The Bertz CT molecular complexity index is 923. The van der Waals surface area contributed by atoms with Gasteiger partial charge in [0.2, 0.25) is 5.91 Å². The lowest BCUT2D eigenvalue weighted by Gasteiger charge is -2.27. The van der Waals surface area contributed by atoms with E-state index >= 15 is 0 Å². The van der Waals surface area contributed by atoms with Crippen LogP contribution in [0.25, 0.3) is 0 Å². The van der Waals surface area contributed by atoms with Crippen molar-refractivity contribution in [3.63, 3.8) is 0 Å². The molecule has 0 atom stereocenters. The highest BCUT2D eigenvalue weighted by atomic mass is 32.1. The Morgan fingerprint density at radius 1 is 0.931 bits per heavy atom. The summed E-state index contributed by atoms with van der Waals surface area (Å²) in [5.74, 6) is -0.157. The Kier molecular flexibility index (Phi) is 7.03. The molecule has 29 heavy (non-hydrogen) atoms. The van der Waals surface area contributed by atoms with Crippen LogP contribution in [0.5, 0.6) is 0 Å². The Morgan fingerprint density at radius 3 is 2.24 bits per heavy atom. The summed E-state index contributed by atoms with van der Waals surface area (Å²) in [6.45, 7) is 4.28. The molecule has 2 amide bonds. The average Bonchev–Trinajstić information content (AvgIpc) is 3.25. The number of hydrogen-bond acceptors (Lipinski definition) is 4. The first-order valence-corrected chi connectivity index (χ1v) is 10.5. The van der Waals surface area contributed by atoms with E-state index in [9.17, 15) is 9.59 Å². The van der Waals surface area contributed by atoms with Gasteiger partial charge in [-0.15, -0.1) is 11.3 Å².